The van der Waals surface area contributed by atoms with Crippen molar-refractivity contribution in [3.8, 4) is 5.69 Å². The summed E-state index contributed by atoms with van der Waals surface area (Å²) in [4.78, 5) is 25.1. The Balaban J connectivity index is 0.00000210. The van der Waals surface area contributed by atoms with Crippen molar-refractivity contribution < 1.29 is 9.72 Å². The van der Waals surface area contributed by atoms with Gasteiger partial charge in [-0.3, -0.25) is 14.9 Å². The maximum absolute atomic E-state index is 12.7. The lowest BCUT2D eigenvalue weighted by Gasteiger charge is -2.38. The number of nitro groups is 1. The van der Waals surface area contributed by atoms with Gasteiger partial charge in [-0.1, -0.05) is 6.07 Å². The molecule has 1 N–H and O–H groups in total. The van der Waals surface area contributed by atoms with Gasteiger partial charge in [-0.2, -0.15) is 5.10 Å². The number of likely N-dealkylation sites (tertiary alicyclic amines) is 1. The fourth-order valence-corrected chi connectivity index (χ4v) is 3.90. The van der Waals surface area contributed by atoms with Crippen LogP contribution in [-0.2, 0) is 0 Å². The summed E-state index contributed by atoms with van der Waals surface area (Å²) >= 11 is 0. The lowest BCUT2D eigenvalue weighted by Crippen LogP contribution is -2.44. The number of nitrogens with zero attached hydrogens (tertiary/aromatic N) is 4. The van der Waals surface area contributed by atoms with Gasteiger partial charge in [-0.25, -0.2) is 4.68 Å². The van der Waals surface area contributed by atoms with Crippen molar-refractivity contribution in [1.82, 2.24) is 20.0 Å². The molecule has 0 radical (unpaired) electrons. The quantitative estimate of drug-likeness (QED) is 0.640. The number of non-ortho nitro benzene ring substituents is 1. The van der Waals surface area contributed by atoms with Crippen molar-refractivity contribution in [3.63, 3.8) is 0 Å². The SMILES string of the molecule is Cl.O=C(c1ccn(-c2cccc([N+](=O)[O-])c2)n1)N1CCC2(CCNC2)CC1. The Labute approximate surface area is 163 Å². The summed E-state index contributed by atoms with van der Waals surface area (Å²) in [7, 11) is 0. The molecule has 1 amide bonds. The smallest absolute Gasteiger partial charge is 0.274 e. The zero-order chi connectivity index (χ0) is 18.1. The Bertz CT molecular complexity index is 837. The molecule has 0 unspecified atom stereocenters. The van der Waals surface area contributed by atoms with E-state index < -0.39 is 4.92 Å². The molecule has 0 saturated carbocycles. The molecule has 0 aliphatic carbocycles. The van der Waals surface area contributed by atoms with E-state index >= 15 is 0 Å². The van der Waals surface area contributed by atoms with Gasteiger partial charge in [-0.15, -0.1) is 12.4 Å². The van der Waals surface area contributed by atoms with Crippen LogP contribution in [-0.4, -0.2) is 51.7 Å². The van der Waals surface area contributed by atoms with Gasteiger partial charge < -0.3 is 10.2 Å². The maximum Gasteiger partial charge on any atom is 0.274 e. The second-order valence-corrected chi connectivity index (χ2v) is 7.14. The molecule has 2 fully saturated rings. The molecule has 0 bridgehead atoms. The Morgan fingerprint density at radius 3 is 2.67 bits per heavy atom. The van der Waals surface area contributed by atoms with Crippen LogP contribution in [0.25, 0.3) is 5.69 Å². The van der Waals surface area contributed by atoms with Crippen LogP contribution in [0.1, 0.15) is 29.8 Å². The number of benzene rings is 1. The third-order valence-corrected chi connectivity index (χ3v) is 5.56. The maximum atomic E-state index is 12.7. The van der Waals surface area contributed by atoms with Gasteiger partial charge in [0.15, 0.2) is 5.69 Å². The molecule has 2 aliphatic rings. The number of halogens is 1. The second kappa shape index (κ2) is 7.66. The molecular weight excluding hydrogens is 370 g/mol. The first-order valence-corrected chi connectivity index (χ1v) is 8.87. The highest BCUT2D eigenvalue weighted by Gasteiger charge is 2.38. The van der Waals surface area contributed by atoms with Gasteiger partial charge in [0.05, 0.1) is 10.6 Å². The van der Waals surface area contributed by atoms with Crippen LogP contribution in [0.5, 0.6) is 0 Å². The molecule has 144 valence electrons. The molecule has 1 aromatic carbocycles. The molecule has 9 heteroatoms. The van der Waals surface area contributed by atoms with E-state index in [4.69, 9.17) is 0 Å². The van der Waals surface area contributed by atoms with E-state index in [9.17, 15) is 14.9 Å². The van der Waals surface area contributed by atoms with E-state index in [-0.39, 0.29) is 24.0 Å². The number of amides is 1. The first-order chi connectivity index (χ1) is 12.6. The Morgan fingerprint density at radius 1 is 1.22 bits per heavy atom. The minimum atomic E-state index is -0.444. The van der Waals surface area contributed by atoms with Crippen molar-refractivity contribution in [2.75, 3.05) is 26.2 Å². The van der Waals surface area contributed by atoms with Crippen molar-refractivity contribution in [2.24, 2.45) is 5.41 Å². The van der Waals surface area contributed by atoms with Gasteiger partial charge in [-0.05, 0) is 43.4 Å². The number of carbonyl (C=O) groups is 1. The Morgan fingerprint density at radius 2 is 2.00 bits per heavy atom. The van der Waals surface area contributed by atoms with Crippen LogP contribution in [0.2, 0.25) is 0 Å². The Kier molecular flexibility index (Phi) is 5.48. The van der Waals surface area contributed by atoms with E-state index in [2.05, 4.69) is 10.4 Å². The van der Waals surface area contributed by atoms with Gasteiger partial charge >= 0.3 is 0 Å². The van der Waals surface area contributed by atoms with Gasteiger partial charge in [0, 0.05) is 38.0 Å². The fourth-order valence-electron chi connectivity index (χ4n) is 3.90. The number of nitrogens with one attached hydrogen (secondary N) is 1. The van der Waals surface area contributed by atoms with Crippen molar-refractivity contribution in [2.45, 2.75) is 19.3 Å². The third kappa shape index (κ3) is 3.81. The molecule has 0 atom stereocenters. The van der Waals surface area contributed by atoms with E-state index in [0.717, 1.165) is 39.0 Å². The summed E-state index contributed by atoms with van der Waals surface area (Å²) in [5.41, 5.74) is 1.29. The summed E-state index contributed by atoms with van der Waals surface area (Å²) in [6.45, 7) is 3.63. The fraction of sp³-hybridized carbons (Fsp3) is 0.444. The minimum absolute atomic E-state index is 0. The monoisotopic (exact) mass is 391 g/mol. The van der Waals surface area contributed by atoms with Crippen molar-refractivity contribution in [1.29, 1.82) is 0 Å². The first kappa shape index (κ1) is 19.3. The van der Waals surface area contributed by atoms with Crippen LogP contribution < -0.4 is 5.32 Å². The number of hydrogen-bond acceptors (Lipinski definition) is 5. The largest absolute Gasteiger partial charge is 0.337 e. The summed E-state index contributed by atoms with van der Waals surface area (Å²) in [5, 5.41) is 18.7. The summed E-state index contributed by atoms with van der Waals surface area (Å²) < 4.78 is 1.51. The molecule has 1 aromatic heterocycles. The van der Waals surface area contributed by atoms with Crippen molar-refractivity contribution in [3.05, 3.63) is 52.3 Å². The molecule has 4 rings (SSSR count). The standard InChI is InChI=1S/C18H21N5O3.ClH/c24-17(21-10-6-18(7-11-21)5-8-19-13-18)16-4-9-22(20-16)14-2-1-3-15(12-14)23(25)26;/h1-4,9,12,19H,5-8,10-11,13H2;1H. The number of aromatic nitrogens is 2. The molecular formula is C18H22ClN5O3. The van der Waals surface area contributed by atoms with Crippen LogP contribution >= 0.6 is 12.4 Å². The molecule has 2 saturated heterocycles. The number of carbonyl (C=O) groups excluding carboxylic acids is 1. The highest BCUT2D eigenvalue weighted by atomic mass is 35.5. The topological polar surface area (TPSA) is 93.3 Å². The zero-order valence-electron chi connectivity index (χ0n) is 14.8. The van der Waals surface area contributed by atoms with E-state index in [1.807, 2.05) is 4.90 Å². The van der Waals surface area contributed by atoms with E-state index in [1.165, 1.54) is 23.2 Å². The molecule has 1 spiro atoms. The van der Waals surface area contributed by atoms with Crippen LogP contribution in [0.4, 0.5) is 5.69 Å². The number of piperidine rings is 1. The second-order valence-electron chi connectivity index (χ2n) is 7.14. The van der Waals surface area contributed by atoms with E-state index in [1.54, 1.807) is 24.4 Å². The van der Waals surface area contributed by atoms with E-state index in [0.29, 0.717) is 16.8 Å². The molecule has 3 heterocycles. The highest BCUT2D eigenvalue weighted by molar-refractivity contribution is 5.92. The Hall–Kier alpha value is -2.45. The lowest BCUT2D eigenvalue weighted by molar-refractivity contribution is -0.384. The normalized spacial score (nSPS) is 18.3. The minimum Gasteiger partial charge on any atom is -0.337 e. The zero-order valence-corrected chi connectivity index (χ0v) is 15.7. The average Bonchev–Trinajstić information content (AvgIpc) is 3.32. The molecule has 2 aromatic rings. The molecule has 2 aliphatic heterocycles. The predicted octanol–water partition coefficient (Wildman–Crippen LogP) is 2.42. The third-order valence-electron chi connectivity index (χ3n) is 5.56. The first-order valence-electron chi connectivity index (χ1n) is 8.87. The van der Waals surface area contributed by atoms with Gasteiger partial charge in [0.1, 0.15) is 0 Å². The lowest BCUT2D eigenvalue weighted by atomic mass is 9.78. The number of rotatable bonds is 3. The summed E-state index contributed by atoms with van der Waals surface area (Å²) in [5.74, 6) is -0.0741. The van der Waals surface area contributed by atoms with Gasteiger partial charge in [0.2, 0.25) is 0 Å². The molecule has 8 nitrogen and oxygen atoms in total. The van der Waals surface area contributed by atoms with Gasteiger partial charge in [0.25, 0.3) is 11.6 Å². The molecule has 27 heavy (non-hydrogen) atoms. The number of hydrogen-bond donors (Lipinski definition) is 1. The summed E-state index contributed by atoms with van der Waals surface area (Å²) in [6, 6.07) is 7.88. The predicted molar refractivity (Wildman–Crippen MR) is 103 cm³/mol. The van der Waals surface area contributed by atoms with Crippen LogP contribution in [0.3, 0.4) is 0 Å². The van der Waals surface area contributed by atoms with Crippen molar-refractivity contribution >= 4 is 24.0 Å². The highest BCUT2D eigenvalue weighted by Crippen LogP contribution is 2.37. The van der Waals surface area contributed by atoms with Crippen LogP contribution in [0, 0.1) is 15.5 Å². The summed E-state index contributed by atoms with van der Waals surface area (Å²) in [6.07, 6.45) is 4.91. The number of nitro benzene ring substituents is 1. The average molecular weight is 392 g/mol. The van der Waals surface area contributed by atoms with Crippen LogP contribution in [0.15, 0.2) is 36.5 Å².